The van der Waals surface area contributed by atoms with Crippen LogP contribution in [0.4, 0.5) is 5.69 Å². The van der Waals surface area contributed by atoms with Crippen LogP contribution in [0.5, 0.6) is 0 Å². The van der Waals surface area contributed by atoms with Crippen LogP contribution in [0.25, 0.3) is 0 Å². The van der Waals surface area contributed by atoms with Crippen LogP contribution in [0.1, 0.15) is 50.7 Å². The predicted molar refractivity (Wildman–Crippen MR) is 100 cm³/mol. The largest absolute Gasteiger partial charge is 0.291 e. The Kier molecular flexibility index (Phi) is 4.28. The maximum atomic E-state index is 8.93. The highest BCUT2D eigenvalue weighted by Crippen LogP contribution is 2.59. The molecule has 4 rings (SSSR count). The van der Waals surface area contributed by atoms with Crippen molar-refractivity contribution in [3.8, 4) is 0 Å². The number of benzene rings is 1. The molecule has 2 fully saturated rings. The first-order valence-electron chi connectivity index (χ1n) is 9.21. The minimum Gasteiger partial charge on any atom is -0.291 e. The van der Waals surface area contributed by atoms with Crippen molar-refractivity contribution < 1.29 is 5.21 Å². The summed E-state index contributed by atoms with van der Waals surface area (Å²) in [6.45, 7) is 5.39. The first kappa shape index (κ1) is 16.9. The fourth-order valence-electron chi connectivity index (χ4n) is 5.48. The van der Waals surface area contributed by atoms with Gasteiger partial charge in [0.1, 0.15) is 0 Å². The lowest BCUT2D eigenvalue weighted by Gasteiger charge is -2.31. The van der Waals surface area contributed by atoms with Crippen LogP contribution in [0, 0.1) is 17.8 Å². The number of halogens is 1. The van der Waals surface area contributed by atoms with Crippen molar-refractivity contribution >= 4 is 17.3 Å². The van der Waals surface area contributed by atoms with E-state index in [1.165, 1.54) is 31.2 Å². The molecule has 1 aromatic carbocycles. The highest BCUT2D eigenvalue weighted by molar-refractivity contribution is 6.31. The van der Waals surface area contributed by atoms with Gasteiger partial charge in [-0.3, -0.25) is 15.4 Å². The molecule has 2 atom stereocenters. The third kappa shape index (κ3) is 2.96. The Balaban J connectivity index is 1.61. The molecule has 2 aliphatic rings. The van der Waals surface area contributed by atoms with E-state index >= 15 is 0 Å². The van der Waals surface area contributed by atoms with E-state index < -0.39 is 0 Å². The summed E-state index contributed by atoms with van der Waals surface area (Å²) in [5.41, 5.74) is 5.51. The van der Waals surface area contributed by atoms with Crippen LogP contribution in [-0.4, -0.2) is 15.0 Å². The smallest absolute Gasteiger partial charge is 0.0981 e. The lowest BCUT2D eigenvalue weighted by atomic mass is 9.73. The van der Waals surface area contributed by atoms with Gasteiger partial charge < -0.3 is 0 Å². The van der Waals surface area contributed by atoms with E-state index in [0.29, 0.717) is 17.6 Å². The number of nitrogens with one attached hydrogen (secondary N) is 1. The van der Waals surface area contributed by atoms with Gasteiger partial charge in [-0.25, -0.2) is 0 Å². The number of nitrogens with zero attached hydrogens (tertiary/aromatic N) is 2. The molecule has 5 heteroatoms. The van der Waals surface area contributed by atoms with Gasteiger partial charge in [-0.05, 0) is 66.0 Å². The maximum absolute atomic E-state index is 8.93. The van der Waals surface area contributed by atoms with E-state index in [1.807, 2.05) is 0 Å². The van der Waals surface area contributed by atoms with E-state index in [9.17, 15) is 0 Å². The topological polar surface area (TPSA) is 50.1 Å². The molecular weight excluding hydrogens is 334 g/mol. The van der Waals surface area contributed by atoms with Crippen molar-refractivity contribution in [1.29, 1.82) is 0 Å². The monoisotopic (exact) mass is 359 g/mol. The molecule has 0 radical (unpaired) electrons. The van der Waals surface area contributed by atoms with Gasteiger partial charge in [-0.2, -0.15) is 5.10 Å². The molecule has 2 aliphatic carbocycles. The third-order valence-electron chi connectivity index (χ3n) is 6.30. The van der Waals surface area contributed by atoms with Gasteiger partial charge in [-0.15, -0.1) is 0 Å². The Hall–Kier alpha value is -1.52. The lowest BCUT2D eigenvalue weighted by Crippen LogP contribution is -2.25. The van der Waals surface area contributed by atoms with Gasteiger partial charge in [0.15, 0.2) is 0 Å². The summed E-state index contributed by atoms with van der Waals surface area (Å²) < 4.78 is 1.77. The lowest BCUT2D eigenvalue weighted by molar-refractivity contribution is 0.364. The van der Waals surface area contributed by atoms with Gasteiger partial charge in [-0.1, -0.05) is 37.6 Å². The van der Waals surface area contributed by atoms with Gasteiger partial charge in [0, 0.05) is 5.02 Å². The first-order chi connectivity index (χ1) is 12.0. The van der Waals surface area contributed by atoms with Crippen molar-refractivity contribution in [2.45, 2.75) is 51.5 Å². The van der Waals surface area contributed by atoms with Gasteiger partial charge in [0.25, 0.3) is 0 Å². The Morgan fingerprint density at radius 2 is 2.00 bits per heavy atom. The van der Waals surface area contributed by atoms with E-state index in [2.05, 4.69) is 42.6 Å². The van der Waals surface area contributed by atoms with Crippen LogP contribution in [-0.2, 0) is 12.0 Å². The standard InChI is InChI=1S/C20H26ClN3O/c1-13-5-17-6-14(2)9-20(17,8-13)16-4-3-15(19(21)7-16)11-24-12-18(23-25)10-22-24/h3-4,7,10,12-14,17,23,25H,5-6,8-9,11H2,1-2H3. The third-order valence-corrected chi connectivity index (χ3v) is 6.66. The number of anilines is 1. The zero-order chi connectivity index (χ0) is 17.6. The highest BCUT2D eigenvalue weighted by atomic mass is 35.5. The average Bonchev–Trinajstić information content (AvgIpc) is 3.21. The second kappa shape index (κ2) is 6.33. The summed E-state index contributed by atoms with van der Waals surface area (Å²) in [6, 6.07) is 6.65. The molecule has 0 saturated heterocycles. The molecule has 0 bridgehead atoms. The maximum Gasteiger partial charge on any atom is 0.0981 e. The van der Waals surface area contributed by atoms with E-state index in [0.717, 1.165) is 28.3 Å². The zero-order valence-electron chi connectivity index (χ0n) is 14.9. The molecule has 4 nitrogen and oxygen atoms in total. The molecule has 2 unspecified atom stereocenters. The van der Waals surface area contributed by atoms with Crippen molar-refractivity contribution in [2.24, 2.45) is 17.8 Å². The Morgan fingerprint density at radius 3 is 2.60 bits per heavy atom. The van der Waals surface area contributed by atoms with E-state index in [4.69, 9.17) is 16.8 Å². The summed E-state index contributed by atoms with van der Waals surface area (Å²) in [6.07, 6.45) is 8.65. The minimum atomic E-state index is 0.334. The SMILES string of the molecule is CC1CC2CC(C)CC2(c2ccc(Cn3cc(NO)cn3)c(Cl)c2)C1. The van der Waals surface area contributed by atoms with Crippen molar-refractivity contribution in [3.63, 3.8) is 0 Å². The number of hydrogen-bond acceptors (Lipinski definition) is 3. The van der Waals surface area contributed by atoms with Crippen LogP contribution in [0.15, 0.2) is 30.6 Å². The zero-order valence-corrected chi connectivity index (χ0v) is 15.6. The normalized spacial score (nSPS) is 31.3. The van der Waals surface area contributed by atoms with Crippen LogP contribution >= 0.6 is 11.6 Å². The van der Waals surface area contributed by atoms with Gasteiger partial charge >= 0.3 is 0 Å². The Bertz CT molecular complexity index is 758. The first-order valence-corrected chi connectivity index (χ1v) is 9.59. The van der Waals surface area contributed by atoms with E-state index in [1.54, 1.807) is 17.1 Å². The molecule has 1 heterocycles. The Labute approximate surface area is 154 Å². The fourth-order valence-corrected chi connectivity index (χ4v) is 5.73. The minimum absolute atomic E-state index is 0.334. The highest BCUT2D eigenvalue weighted by Gasteiger charge is 2.51. The number of rotatable bonds is 4. The average molecular weight is 360 g/mol. The molecule has 0 aliphatic heterocycles. The van der Waals surface area contributed by atoms with Crippen LogP contribution in [0.3, 0.4) is 0 Å². The molecule has 0 amide bonds. The molecule has 2 aromatic rings. The van der Waals surface area contributed by atoms with Crippen molar-refractivity contribution in [3.05, 3.63) is 46.7 Å². The summed E-state index contributed by atoms with van der Waals surface area (Å²) >= 11 is 6.65. The Morgan fingerprint density at radius 1 is 1.28 bits per heavy atom. The van der Waals surface area contributed by atoms with Crippen LogP contribution in [0.2, 0.25) is 5.02 Å². The van der Waals surface area contributed by atoms with Gasteiger partial charge in [0.2, 0.25) is 0 Å². The molecule has 0 spiro atoms. The van der Waals surface area contributed by atoms with E-state index in [-0.39, 0.29) is 0 Å². The number of fused-ring (bicyclic) bond motifs is 1. The molecule has 2 saturated carbocycles. The number of aromatic nitrogens is 2. The van der Waals surface area contributed by atoms with Crippen molar-refractivity contribution in [1.82, 2.24) is 9.78 Å². The molecule has 134 valence electrons. The second-order valence-corrected chi connectivity index (χ2v) is 8.69. The molecule has 2 N–H and O–H groups in total. The second-order valence-electron chi connectivity index (χ2n) is 8.29. The molecular formula is C20H26ClN3O. The molecule has 25 heavy (non-hydrogen) atoms. The van der Waals surface area contributed by atoms with Crippen molar-refractivity contribution in [2.75, 3.05) is 5.48 Å². The van der Waals surface area contributed by atoms with Crippen LogP contribution < -0.4 is 5.48 Å². The summed E-state index contributed by atoms with van der Waals surface area (Å²) in [7, 11) is 0. The summed E-state index contributed by atoms with van der Waals surface area (Å²) in [4.78, 5) is 0. The molecule has 1 aromatic heterocycles. The quantitative estimate of drug-likeness (QED) is 0.746. The number of hydrogen-bond donors (Lipinski definition) is 2. The summed E-state index contributed by atoms with van der Waals surface area (Å²) in [5.74, 6) is 2.43. The summed E-state index contributed by atoms with van der Waals surface area (Å²) in [5, 5.41) is 14.0. The fraction of sp³-hybridized carbons (Fsp3) is 0.550. The van der Waals surface area contributed by atoms with Gasteiger partial charge in [0.05, 0.1) is 24.6 Å². The predicted octanol–water partition coefficient (Wildman–Crippen LogP) is 5.10.